The molecule has 13 heteroatoms. The topological polar surface area (TPSA) is 109 Å². The van der Waals surface area contributed by atoms with E-state index in [2.05, 4.69) is 32.4 Å². The fourth-order valence-corrected chi connectivity index (χ4v) is 3.58. The van der Waals surface area contributed by atoms with Gasteiger partial charge in [0.05, 0.1) is 13.1 Å². The molecule has 0 amide bonds. The van der Waals surface area contributed by atoms with Crippen LogP contribution in [0, 0.1) is 29.3 Å². The molecule has 0 saturated carbocycles. The molecule has 0 aliphatic heterocycles. The van der Waals surface area contributed by atoms with Crippen LogP contribution < -0.4 is 5.73 Å². The van der Waals surface area contributed by atoms with Crippen LogP contribution in [0.15, 0.2) is 67.1 Å². The third-order valence-corrected chi connectivity index (χ3v) is 5.38. The van der Waals surface area contributed by atoms with Crippen molar-refractivity contribution in [3.63, 3.8) is 0 Å². The third-order valence-electron chi connectivity index (χ3n) is 5.38. The summed E-state index contributed by atoms with van der Waals surface area (Å²) >= 11 is 0. The zero-order chi connectivity index (χ0) is 27.3. The molecule has 194 valence electrons. The van der Waals surface area contributed by atoms with E-state index < -0.39 is 59.3 Å². The van der Waals surface area contributed by atoms with Gasteiger partial charge in [0.15, 0.2) is 0 Å². The number of halogens is 5. The summed E-state index contributed by atoms with van der Waals surface area (Å²) < 4.78 is 80.4. The molecule has 2 N–H and O–H groups in total. The van der Waals surface area contributed by atoms with Crippen molar-refractivity contribution < 1.29 is 31.5 Å². The third kappa shape index (κ3) is 5.35. The highest BCUT2D eigenvalue weighted by molar-refractivity contribution is 5.72. The number of alkyl halides is 2. The molecule has 0 fully saturated rings. The lowest BCUT2D eigenvalue weighted by Crippen LogP contribution is -2.52. The minimum absolute atomic E-state index is 0.229. The molecule has 0 radical (unpaired) electrons. The van der Waals surface area contributed by atoms with E-state index in [1.807, 2.05) is 0 Å². The van der Waals surface area contributed by atoms with Crippen molar-refractivity contribution in [2.75, 3.05) is 6.54 Å². The van der Waals surface area contributed by atoms with Crippen molar-refractivity contribution >= 4 is 5.97 Å². The van der Waals surface area contributed by atoms with Gasteiger partial charge >= 0.3 is 11.9 Å². The van der Waals surface area contributed by atoms with Crippen molar-refractivity contribution in [1.82, 2.24) is 25.2 Å². The van der Waals surface area contributed by atoms with Gasteiger partial charge in [-0.25, -0.2) is 17.9 Å². The predicted octanol–water partition coefficient (Wildman–Crippen LogP) is 3.07. The van der Waals surface area contributed by atoms with Crippen LogP contribution in [0.5, 0.6) is 0 Å². The van der Waals surface area contributed by atoms with E-state index in [4.69, 9.17) is 10.5 Å². The number of tetrazole rings is 1. The van der Waals surface area contributed by atoms with Crippen molar-refractivity contribution in [1.29, 1.82) is 0 Å². The Bertz CT molecular complexity index is 1490. The Kier molecular flexibility index (Phi) is 7.45. The summed E-state index contributed by atoms with van der Waals surface area (Å²) in [5.74, 6) is -2.98. The summed E-state index contributed by atoms with van der Waals surface area (Å²) in [6.07, 6.45) is 1.98. The minimum Gasteiger partial charge on any atom is -0.444 e. The highest BCUT2D eigenvalue weighted by Crippen LogP contribution is 2.49. The Morgan fingerprint density at radius 3 is 2.26 bits per heavy atom. The monoisotopic (exact) mass is 528 g/mol. The van der Waals surface area contributed by atoms with Gasteiger partial charge in [-0.2, -0.15) is 8.78 Å². The molecule has 1 unspecified atom stereocenters. The van der Waals surface area contributed by atoms with Gasteiger partial charge in [0.1, 0.15) is 29.5 Å². The van der Waals surface area contributed by atoms with Crippen molar-refractivity contribution in [2.45, 2.75) is 18.1 Å². The van der Waals surface area contributed by atoms with E-state index in [1.54, 1.807) is 0 Å². The quantitative estimate of drug-likeness (QED) is 0.223. The molecule has 0 bridgehead atoms. The van der Waals surface area contributed by atoms with Gasteiger partial charge in [-0.1, -0.05) is 11.8 Å². The maximum Gasteiger partial charge on any atom is 0.334 e. The van der Waals surface area contributed by atoms with E-state index in [0.29, 0.717) is 11.6 Å². The number of nitrogens with zero attached hydrogens (tertiary/aromatic N) is 5. The van der Waals surface area contributed by atoms with Crippen LogP contribution in [0.1, 0.15) is 22.4 Å². The average Bonchev–Trinajstić information content (AvgIpc) is 3.41. The molecule has 2 aromatic heterocycles. The van der Waals surface area contributed by atoms with Crippen molar-refractivity contribution in [3.05, 3.63) is 107 Å². The van der Waals surface area contributed by atoms with Gasteiger partial charge in [-0.15, -0.1) is 5.10 Å². The van der Waals surface area contributed by atoms with Gasteiger partial charge in [0, 0.05) is 29.0 Å². The van der Waals surface area contributed by atoms with Gasteiger partial charge in [0.25, 0.3) is 0 Å². The van der Waals surface area contributed by atoms with E-state index in [-0.39, 0.29) is 5.56 Å². The van der Waals surface area contributed by atoms with E-state index in [9.17, 15) is 13.6 Å². The Morgan fingerprint density at radius 2 is 1.66 bits per heavy atom. The van der Waals surface area contributed by atoms with Crippen LogP contribution in [0.2, 0.25) is 0 Å². The lowest BCUT2D eigenvalue weighted by Gasteiger charge is -2.39. The summed E-state index contributed by atoms with van der Waals surface area (Å²) in [5, 5.41) is 10.3. The fourth-order valence-electron chi connectivity index (χ4n) is 3.58. The number of aromatic nitrogens is 5. The summed E-state index contributed by atoms with van der Waals surface area (Å²) in [5.41, 5.74) is 1.10. The molecule has 0 spiro atoms. The zero-order valence-corrected chi connectivity index (χ0v) is 19.3. The SMILES string of the molecule is NCC(=O)OC(Cn1cnnn1)(c1ccc(F)cc1F)C(F)(F)c1ccc(C#Cc2ccc(F)cc2)cn1. The summed E-state index contributed by atoms with van der Waals surface area (Å²) in [6, 6.07) is 9.29. The number of hydrogen-bond acceptors (Lipinski definition) is 7. The number of nitrogens with two attached hydrogens (primary N) is 1. The number of hydrogen-bond donors (Lipinski definition) is 1. The molecule has 2 aromatic carbocycles. The van der Waals surface area contributed by atoms with E-state index >= 15 is 13.2 Å². The second kappa shape index (κ2) is 10.7. The maximum absolute atomic E-state index is 16.4. The first-order chi connectivity index (χ1) is 18.1. The van der Waals surface area contributed by atoms with Gasteiger partial charge in [0.2, 0.25) is 5.60 Å². The van der Waals surface area contributed by atoms with E-state index in [1.165, 1.54) is 30.3 Å². The molecule has 0 saturated heterocycles. The van der Waals surface area contributed by atoms with Gasteiger partial charge < -0.3 is 10.5 Å². The van der Waals surface area contributed by atoms with Crippen LogP contribution >= 0.6 is 0 Å². The summed E-state index contributed by atoms with van der Waals surface area (Å²) in [7, 11) is 0. The molecule has 2 heterocycles. The minimum atomic E-state index is -4.23. The summed E-state index contributed by atoms with van der Waals surface area (Å²) in [4.78, 5) is 16.1. The second-order valence-electron chi connectivity index (χ2n) is 7.90. The zero-order valence-electron chi connectivity index (χ0n) is 19.3. The number of benzene rings is 2. The lowest BCUT2D eigenvalue weighted by molar-refractivity contribution is -0.231. The number of esters is 1. The van der Waals surface area contributed by atoms with Crippen LogP contribution in [0.4, 0.5) is 22.0 Å². The molecule has 4 aromatic rings. The highest BCUT2D eigenvalue weighted by atomic mass is 19.3. The number of pyridine rings is 1. The number of rotatable bonds is 7. The molecular weight excluding hydrogens is 511 g/mol. The molecule has 0 aliphatic carbocycles. The molecule has 38 heavy (non-hydrogen) atoms. The lowest BCUT2D eigenvalue weighted by atomic mass is 9.84. The van der Waals surface area contributed by atoms with Crippen LogP contribution in [0.25, 0.3) is 0 Å². The molecule has 0 aliphatic rings. The number of ether oxygens (including phenoxy) is 1. The van der Waals surface area contributed by atoms with Crippen LogP contribution in [-0.2, 0) is 27.6 Å². The summed E-state index contributed by atoms with van der Waals surface area (Å²) in [6.45, 7) is -1.79. The first kappa shape index (κ1) is 26.4. The molecule has 8 nitrogen and oxygen atoms in total. The van der Waals surface area contributed by atoms with Crippen LogP contribution in [-0.4, -0.2) is 37.7 Å². The molecule has 4 rings (SSSR count). The van der Waals surface area contributed by atoms with Gasteiger partial charge in [-0.05, 0) is 59.0 Å². The van der Waals surface area contributed by atoms with Crippen molar-refractivity contribution in [2.24, 2.45) is 5.73 Å². The van der Waals surface area contributed by atoms with Gasteiger partial charge in [-0.3, -0.25) is 9.78 Å². The molecule has 1 atom stereocenters. The standard InChI is InChI=1S/C25H17F5N6O2/c26-18-6-3-16(4-7-18)1-2-17-5-10-22(32-13-17)25(29,30)24(38-23(37)12-31,14-36-15-33-34-35-36)20-9-8-19(27)11-21(20)28/h3-11,13,15H,12,14,31H2. The average molecular weight is 528 g/mol. The van der Waals surface area contributed by atoms with E-state index in [0.717, 1.165) is 35.4 Å². The smallest absolute Gasteiger partial charge is 0.334 e. The second-order valence-corrected chi connectivity index (χ2v) is 7.90. The van der Waals surface area contributed by atoms with Crippen molar-refractivity contribution in [3.8, 4) is 11.8 Å². The molecular formula is C25H17F5N6O2. The van der Waals surface area contributed by atoms with Crippen LogP contribution in [0.3, 0.4) is 0 Å². The Hall–Kier alpha value is -4.70. The Balaban J connectivity index is 1.81. The fraction of sp³-hybridized carbons (Fsp3) is 0.160. The highest BCUT2D eigenvalue weighted by Gasteiger charge is 2.62. The Morgan fingerprint density at radius 1 is 0.974 bits per heavy atom. The first-order valence-corrected chi connectivity index (χ1v) is 10.8. The number of carbonyl (C=O) groups excluding carboxylic acids is 1. The maximum atomic E-state index is 16.4. The Labute approximate surface area is 212 Å². The normalized spacial score (nSPS) is 12.8. The predicted molar refractivity (Wildman–Crippen MR) is 122 cm³/mol. The number of carbonyl (C=O) groups is 1. The largest absolute Gasteiger partial charge is 0.444 e. The first-order valence-electron chi connectivity index (χ1n) is 10.8.